The number of thiazole rings is 1. The van der Waals surface area contributed by atoms with Gasteiger partial charge in [-0.2, -0.15) is 0 Å². The summed E-state index contributed by atoms with van der Waals surface area (Å²) < 4.78 is 0. The maximum Gasteiger partial charge on any atom is 0.321 e. The summed E-state index contributed by atoms with van der Waals surface area (Å²) in [5, 5.41) is 7.47. The van der Waals surface area contributed by atoms with Crippen molar-refractivity contribution in [1.29, 1.82) is 0 Å². The molecular weight excluding hydrogens is 320 g/mol. The maximum atomic E-state index is 12.0. The highest BCUT2D eigenvalue weighted by Crippen LogP contribution is 2.22. The SMILES string of the molecule is CCc1nc(NC(=O)NCCc2ccnc3ccccc23)sc1C. The van der Waals surface area contributed by atoms with E-state index in [0.717, 1.165) is 34.3 Å². The molecule has 2 aromatic heterocycles. The molecule has 0 saturated heterocycles. The van der Waals surface area contributed by atoms with Crippen molar-refractivity contribution in [2.45, 2.75) is 26.7 Å². The van der Waals surface area contributed by atoms with E-state index in [0.29, 0.717) is 11.7 Å². The van der Waals surface area contributed by atoms with Crippen LogP contribution in [-0.4, -0.2) is 22.5 Å². The third kappa shape index (κ3) is 3.71. The van der Waals surface area contributed by atoms with Crippen molar-refractivity contribution >= 4 is 33.4 Å². The molecule has 2 amide bonds. The van der Waals surface area contributed by atoms with Gasteiger partial charge in [-0.05, 0) is 37.5 Å². The van der Waals surface area contributed by atoms with Crippen LogP contribution in [0.3, 0.4) is 0 Å². The van der Waals surface area contributed by atoms with Gasteiger partial charge in [0.15, 0.2) is 5.13 Å². The number of fused-ring (bicyclic) bond motifs is 1. The number of nitrogens with one attached hydrogen (secondary N) is 2. The van der Waals surface area contributed by atoms with Gasteiger partial charge < -0.3 is 5.32 Å². The molecule has 2 heterocycles. The molecule has 6 heteroatoms. The smallest absolute Gasteiger partial charge is 0.321 e. The van der Waals surface area contributed by atoms with Crippen LogP contribution in [0.5, 0.6) is 0 Å². The van der Waals surface area contributed by atoms with Crippen LogP contribution in [0.25, 0.3) is 10.9 Å². The van der Waals surface area contributed by atoms with Gasteiger partial charge >= 0.3 is 6.03 Å². The standard InChI is InChI=1S/C18H20N4OS/c1-3-15-12(2)24-18(21-15)22-17(23)20-11-9-13-8-10-19-16-7-5-4-6-14(13)16/h4-8,10H,3,9,11H2,1-2H3,(H2,20,21,22,23). The second-order valence-corrected chi connectivity index (χ2v) is 6.70. The molecule has 0 atom stereocenters. The summed E-state index contributed by atoms with van der Waals surface area (Å²) in [5.41, 5.74) is 3.20. The molecule has 3 rings (SSSR count). The molecule has 0 bridgehead atoms. The highest BCUT2D eigenvalue weighted by Gasteiger charge is 2.09. The van der Waals surface area contributed by atoms with E-state index < -0.39 is 0 Å². The van der Waals surface area contributed by atoms with Gasteiger partial charge in [0.2, 0.25) is 0 Å². The fourth-order valence-electron chi connectivity index (χ4n) is 2.63. The Bertz CT molecular complexity index is 854. The van der Waals surface area contributed by atoms with Crippen LogP contribution >= 0.6 is 11.3 Å². The first-order valence-corrected chi connectivity index (χ1v) is 8.83. The van der Waals surface area contributed by atoms with E-state index in [2.05, 4.69) is 33.6 Å². The molecule has 3 aromatic rings. The molecule has 0 radical (unpaired) electrons. The minimum atomic E-state index is -0.218. The molecule has 5 nitrogen and oxygen atoms in total. The van der Waals surface area contributed by atoms with Gasteiger partial charge in [0.1, 0.15) is 0 Å². The van der Waals surface area contributed by atoms with E-state index >= 15 is 0 Å². The van der Waals surface area contributed by atoms with E-state index in [9.17, 15) is 4.79 Å². The first kappa shape index (κ1) is 16.4. The van der Waals surface area contributed by atoms with Gasteiger partial charge in [-0.25, -0.2) is 9.78 Å². The highest BCUT2D eigenvalue weighted by atomic mass is 32.1. The van der Waals surface area contributed by atoms with Gasteiger partial charge in [0.25, 0.3) is 0 Å². The zero-order valence-electron chi connectivity index (χ0n) is 13.8. The summed E-state index contributed by atoms with van der Waals surface area (Å²) in [6.45, 7) is 4.64. The molecule has 0 unspecified atom stereocenters. The van der Waals surface area contributed by atoms with Gasteiger partial charge in [-0.1, -0.05) is 25.1 Å². The van der Waals surface area contributed by atoms with Crippen molar-refractivity contribution < 1.29 is 4.79 Å². The number of aryl methyl sites for hydroxylation is 2. The number of benzene rings is 1. The van der Waals surface area contributed by atoms with E-state index in [1.807, 2.05) is 37.4 Å². The lowest BCUT2D eigenvalue weighted by Gasteiger charge is -2.07. The average molecular weight is 340 g/mol. The van der Waals surface area contributed by atoms with E-state index in [-0.39, 0.29) is 6.03 Å². The molecule has 24 heavy (non-hydrogen) atoms. The summed E-state index contributed by atoms with van der Waals surface area (Å²) >= 11 is 1.51. The monoisotopic (exact) mass is 340 g/mol. The Morgan fingerprint density at radius 2 is 2.08 bits per heavy atom. The molecule has 124 valence electrons. The number of carbonyl (C=O) groups excluding carboxylic acids is 1. The lowest BCUT2D eigenvalue weighted by atomic mass is 10.1. The Morgan fingerprint density at radius 1 is 1.25 bits per heavy atom. The predicted molar refractivity (Wildman–Crippen MR) is 98.7 cm³/mol. The number of nitrogens with zero attached hydrogens (tertiary/aromatic N) is 2. The molecule has 0 saturated carbocycles. The minimum Gasteiger partial charge on any atom is -0.337 e. The summed E-state index contributed by atoms with van der Waals surface area (Å²) in [6, 6.07) is 9.82. The molecular formula is C18H20N4OS. The summed E-state index contributed by atoms with van der Waals surface area (Å²) in [4.78, 5) is 21.9. The first-order chi connectivity index (χ1) is 11.7. The Kier molecular flexibility index (Phi) is 5.05. The number of anilines is 1. The fraction of sp³-hybridized carbons (Fsp3) is 0.278. The van der Waals surface area contributed by atoms with Crippen LogP contribution in [0.4, 0.5) is 9.93 Å². The lowest BCUT2D eigenvalue weighted by Crippen LogP contribution is -2.30. The zero-order chi connectivity index (χ0) is 16.9. The molecule has 0 aliphatic carbocycles. The summed E-state index contributed by atoms with van der Waals surface area (Å²) in [6.07, 6.45) is 3.44. The summed E-state index contributed by atoms with van der Waals surface area (Å²) in [7, 11) is 0. The predicted octanol–water partition coefficient (Wildman–Crippen LogP) is 3.93. The summed E-state index contributed by atoms with van der Waals surface area (Å²) in [5.74, 6) is 0. The Balaban J connectivity index is 1.56. The highest BCUT2D eigenvalue weighted by molar-refractivity contribution is 7.15. The average Bonchev–Trinajstić information content (AvgIpc) is 2.94. The number of aromatic nitrogens is 2. The number of amides is 2. The third-order valence-electron chi connectivity index (χ3n) is 3.87. The largest absolute Gasteiger partial charge is 0.337 e. The number of hydrogen-bond donors (Lipinski definition) is 2. The lowest BCUT2D eigenvalue weighted by molar-refractivity contribution is 0.252. The molecule has 1 aromatic carbocycles. The fourth-order valence-corrected chi connectivity index (χ4v) is 3.53. The zero-order valence-corrected chi connectivity index (χ0v) is 14.6. The second kappa shape index (κ2) is 7.40. The van der Waals surface area contributed by atoms with Gasteiger partial charge in [-0.15, -0.1) is 11.3 Å². The van der Waals surface area contributed by atoms with E-state index in [4.69, 9.17) is 0 Å². The van der Waals surface area contributed by atoms with Gasteiger partial charge in [0.05, 0.1) is 11.2 Å². The van der Waals surface area contributed by atoms with Gasteiger partial charge in [0, 0.05) is 23.0 Å². The quantitative estimate of drug-likeness (QED) is 0.739. The van der Waals surface area contributed by atoms with Crippen LogP contribution in [0.15, 0.2) is 36.5 Å². The normalized spacial score (nSPS) is 10.8. The van der Waals surface area contributed by atoms with Crippen LogP contribution in [0.2, 0.25) is 0 Å². The molecule has 0 aliphatic rings. The number of hydrogen-bond acceptors (Lipinski definition) is 4. The molecule has 0 spiro atoms. The number of rotatable bonds is 5. The van der Waals surface area contributed by atoms with Crippen LogP contribution in [0.1, 0.15) is 23.1 Å². The maximum absolute atomic E-state index is 12.0. The van der Waals surface area contributed by atoms with E-state index in [1.165, 1.54) is 16.9 Å². The van der Waals surface area contributed by atoms with Crippen molar-refractivity contribution in [3.63, 3.8) is 0 Å². The number of urea groups is 1. The Labute approximate surface area is 145 Å². The Morgan fingerprint density at radius 3 is 2.88 bits per heavy atom. The minimum absolute atomic E-state index is 0.218. The van der Waals surface area contributed by atoms with Crippen molar-refractivity contribution in [1.82, 2.24) is 15.3 Å². The van der Waals surface area contributed by atoms with Crippen molar-refractivity contribution in [3.05, 3.63) is 52.7 Å². The van der Waals surface area contributed by atoms with Crippen LogP contribution < -0.4 is 10.6 Å². The first-order valence-electron chi connectivity index (χ1n) is 8.01. The van der Waals surface area contributed by atoms with Gasteiger partial charge in [-0.3, -0.25) is 10.3 Å². The van der Waals surface area contributed by atoms with Crippen LogP contribution in [-0.2, 0) is 12.8 Å². The molecule has 2 N–H and O–H groups in total. The Hall–Kier alpha value is -2.47. The van der Waals surface area contributed by atoms with Crippen molar-refractivity contribution in [2.75, 3.05) is 11.9 Å². The topological polar surface area (TPSA) is 66.9 Å². The number of carbonyl (C=O) groups is 1. The third-order valence-corrected chi connectivity index (χ3v) is 4.80. The number of pyridine rings is 1. The van der Waals surface area contributed by atoms with Crippen molar-refractivity contribution in [3.8, 4) is 0 Å². The molecule has 0 aliphatic heterocycles. The second-order valence-electron chi connectivity index (χ2n) is 5.49. The molecule has 0 fully saturated rings. The van der Waals surface area contributed by atoms with Crippen LogP contribution in [0, 0.1) is 6.92 Å². The number of para-hydroxylation sites is 1. The van der Waals surface area contributed by atoms with Crippen molar-refractivity contribution in [2.24, 2.45) is 0 Å². The van der Waals surface area contributed by atoms with E-state index in [1.54, 1.807) is 0 Å².